The largest absolute Gasteiger partial charge is 0.481 e. The molecule has 3 N–H and O–H groups in total. The van der Waals surface area contributed by atoms with Crippen LogP contribution in [0.15, 0.2) is 23.1 Å². The summed E-state index contributed by atoms with van der Waals surface area (Å²) in [6.07, 6.45) is 0.423. The highest BCUT2D eigenvalue weighted by molar-refractivity contribution is 7.89. The molecule has 2 atom stereocenters. The quantitative estimate of drug-likeness (QED) is 0.859. The van der Waals surface area contributed by atoms with Gasteiger partial charge in [0.25, 0.3) is 0 Å². The Kier molecular flexibility index (Phi) is 3.70. The molecule has 110 valence electrons. The summed E-state index contributed by atoms with van der Waals surface area (Å²) in [5.74, 6) is -2.21. The molecule has 0 radical (unpaired) electrons. The average Bonchev–Trinajstić information content (AvgIpc) is 2.70. The molecule has 0 spiro atoms. The van der Waals surface area contributed by atoms with Crippen molar-refractivity contribution in [2.45, 2.75) is 24.3 Å². The maximum Gasteiger partial charge on any atom is 0.308 e. The van der Waals surface area contributed by atoms with E-state index >= 15 is 0 Å². The molecule has 2 rings (SSSR count). The van der Waals surface area contributed by atoms with Gasteiger partial charge < -0.3 is 10.0 Å². The number of nitrogens with zero attached hydrogens (tertiary/aromatic N) is 1. The van der Waals surface area contributed by atoms with Gasteiger partial charge in [0.05, 0.1) is 16.5 Å². The van der Waals surface area contributed by atoms with E-state index in [1.807, 2.05) is 0 Å². The van der Waals surface area contributed by atoms with Crippen molar-refractivity contribution in [3.05, 3.63) is 24.0 Å². The Morgan fingerprint density at radius 3 is 2.60 bits per heavy atom. The summed E-state index contributed by atoms with van der Waals surface area (Å²) in [6.45, 7) is 2.11. The van der Waals surface area contributed by atoms with Gasteiger partial charge in [0.15, 0.2) is 0 Å². The van der Waals surface area contributed by atoms with Crippen LogP contribution < -0.4 is 10.0 Å². The first kappa shape index (κ1) is 14.7. The maximum absolute atomic E-state index is 14.0. The van der Waals surface area contributed by atoms with Gasteiger partial charge in [-0.2, -0.15) is 0 Å². The first-order valence-corrected chi connectivity index (χ1v) is 7.58. The van der Waals surface area contributed by atoms with Crippen LogP contribution in [0.5, 0.6) is 0 Å². The molecule has 0 aromatic heterocycles. The minimum absolute atomic E-state index is 0.189. The van der Waals surface area contributed by atoms with E-state index in [0.717, 1.165) is 6.07 Å². The number of primary sulfonamides is 1. The monoisotopic (exact) mass is 302 g/mol. The van der Waals surface area contributed by atoms with Crippen LogP contribution in [0.3, 0.4) is 0 Å². The van der Waals surface area contributed by atoms with Crippen LogP contribution in [-0.2, 0) is 14.8 Å². The molecule has 1 aliphatic heterocycles. The number of aliphatic carboxylic acids is 1. The van der Waals surface area contributed by atoms with Crippen LogP contribution in [-0.4, -0.2) is 32.1 Å². The number of sulfonamides is 1. The first-order chi connectivity index (χ1) is 9.21. The minimum atomic E-state index is -3.96. The lowest BCUT2D eigenvalue weighted by molar-refractivity contribution is -0.141. The van der Waals surface area contributed by atoms with Crippen LogP contribution in [0.2, 0.25) is 0 Å². The molecule has 6 nitrogen and oxygen atoms in total. The highest BCUT2D eigenvalue weighted by Gasteiger charge is 2.36. The summed E-state index contributed by atoms with van der Waals surface area (Å²) < 4.78 is 36.3. The van der Waals surface area contributed by atoms with Crippen molar-refractivity contribution in [3.8, 4) is 0 Å². The summed E-state index contributed by atoms with van der Waals surface area (Å²) in [5, 5.41) is 14.0. The van der Waals surface area contributed by atoms with Crippen LogP contribution in [0.1, 0.15) is 13.3 Å². The van der Waals surface area contributed by atoms with Gasteiger partial charge in [-0.1, -0.05) is 0 Å². The number of anilines is 1. The molecule has 1 aromatic rings. The van der Waals surface area contributed by atoms with Gasteiger partial charge in [-0.3, -0.25) is 4.79 Å². The Labute approximate surface area is 116 Å². The third-order valence-corrected chi connectivity index (χ3v) is 4.54. The lowest BCUT2D eigenvalue weighted by Gasteiger charge is -2.26. The number of rotatable bonds is 3. The molecule has 1 aliphatic rings. The topological polar surface area (TPSA) is 101 Å². The predicted octanol–water partition coefficient (Wildman–Crippen LogP) is 0.773. The summed E-state index contributed by atoms with van der Waals surface area (Å²) in [4.78, 5) is 12.4. The van der Waals surface area contributed by atoms with Crippen molar-refractivity contribution in [1.29, 1.82) is 0 Å². The smallest absolute Gasteiger partial charge is 0.308 e. The number of carboxylic acid groups (broad SMARTS) is 1. The van der Waals surface area contributed by atoms with Crippen molar-refractivity contribution >= 4 is 21.7 Å². The SMILES string of the molecule is CC1C(C(=O)O)CCN1c1ccc(S(N)(=O)=O)cc1F. The van der Waals surface area contributed by atoms with Gasteiger partial charge >= 0.3 is 5.97 Å². The fourth-order valence-corrected chi connectivity index (χ4v) is 3.03. The molecule has 1 heterocycles. The zero-order valence-electron chi connectivity index (χ0n) is 10.8. The lowest BCUT2D eigenvalue weighted by atomic mass is 10.0. The number of benzene rings is 1. The lowest BCUT2D eigenvalue weighted by Crippen LogP contribution is -2.33. The molecule has 0 aliphatic carbocycles. The Hall–Kier alpha value is -1.67. The Bertz CT molecular complexity index is 647. The fourth-order valence-electron chi connectivity index (χ4n) is 2.51. The second-order valence-electron chi connectivity index (χ2n) is 4.83. The molecule has 0 bridgehead atoms. The molecule has 0 amide bonds. The van der Waals surface area contributed by atoms with Gasteiger partial charge in [0, 0.05) is 12.6 Å². The molecule has 1 fully saturated rings. The van der Waals surface area contributed by atoms with Gasteiger partial charge in [-0.15, -0.1) is 0 Å². The molecule has 2 unspecified atom stereocenters. The van der Waals surface area contributed by atoms with Crippen LogP contribution in [0.4, 0.5) is 10.1 Å². The Morgan fingerprint density at radius 2 is 2.15 bits per heavy atom. The van der Waals surface area contributed by atoms with Gasteiger partial charge in [-0.05, 0) is 31.5 Å². The minimum Gasteiger partial charge on any atom is -0.481 e. The van der Waals surface area contributed by atoms with Crippen molar-refractivity contribution < 1.29 is 22.7 Å². The highest BCUT2D eigenvalue weighted by Crippen LogP contribution is 2.32. The predicted molar refractivity (Wildman–Crippen MR) is 70.3 cm³/mol. The standard InChI is InChI=1S/C12H15FN2O4S/c1-7-9(12(16)17)4-5-15(7)11-3-2-8(6-10(11)13)20(14,18)19/h2-3,6-7,9H,4-5H2,1H3,(H,16,17)(H2,14,18,19). The second kappa shape index (κ2) is 5.02. The van der Waals surface area contributed by atoms with Gasteiger partial charge in [-0.25, -0.2) is 17.9 Å². The van der Waals surface area contributed by atoms with E-state index in [9.17, 15) is 17.6 Å². The number of carbonyl (C=O) groups is 1. The third kappa shape index (κ3) is 2.61. The molecular weight excluding hydrogens is 287 g/mol. The molecule has 20 heavy (non-hydrogen) atoms. The van der Waals surface area contributed by atoms with E-state index in [0.29, 0.717) is 13.0 Å². The van der Waals surface area contributed by atoms with Crippen molar-refractivity contribution in [1.82, 2.24) is 0 Å². The van der Waals surface area contributed by atoms with E-state index in [-0.39, 0.29) is 16.6 Å². The number of carboxylic acids is 1. The van der Waals surface area contributed by atoms with E-state index in [2.05, 4.69) is 0 Å². The highest BCUT2D eigenvalue weighted by atomic mass is 32.2. The van der Waals surface area contributed by atoms with Crippen LogP contribution in [0, 0.1) is 11.7 Å². The van der Waals surface area contributed by atoms with Gasteiger partial charge in [0.2, 0.25) is 10.0 Å². The van der Waals surface area contributed by atoms with Crippen molar-refractivity contribution in [2.75, 3.05) is 11.4 Å². The number of nitrogens with two attached hydrogens (primary N) is 1. The Morgan fingerprint density at radius 1 is 1.50 bits per heavy atom. The number of halogens is 1. The van der Waals surface area contributed by atoms with Gasteiger partial charge in [0.1, 0.15) is 5.82 Å². The Balaban J connectivity index is 2.34. The third-order valence-electron chi connectivity index (χ3n) is 3.63. The first-order valence-electron chi connectivity index (χ1n) is 6.03. The summed E-state index contributed by atoms with van der Waals surface area (Å²) >= 11 is 0. The molecule has 8 heteroatoms. The molecular formula is C12H15FN2O4S. The van der Waals surface area contributed by atoms with Crippen molar-refractivity contribution in [2.24, 2.45) is 11.1 Å². The van der Waals surface area contributed by atoms with E-state index in [1.165, 1.54) is 12.1 Å². The normalized spacial score (nSPS) is 23.1. The second-order valence-corrected chi connectivity index (χ2v) is 6.39. The molecule has 1 saturated heterocycles. The number of hydrogen-bond acceptors (Lipinski definition) is 4. The molecule has 0 saturated carbocycles. The van der Waals surface area contributed by atoms with Crippen LogP contribution in [0.25, 0.3) is 0 Å². The van der Waals surface area contributed by atoms with Crippen molar-refractivity contribution in [3.63, 3.8) is 0 Å². The number of hydrogen-bond donors (Lipinski definition) is 2. The average molecular weight is 302 g/mol. The zero-order valence-corrected chi connectivity index (χ0v) is 11.6. The summed E-state index contributed by atoms with van der Waals surface area (Å²) in [6, 6.07) is 3.03. The maximum atomic E-state index is 14.0. The molecule has 1 aromatic carbocycles. The summed E-state index contributed by atoms with van der Waals surface area (Å²) in [7, 11) is -3.96. The van der Waals surface area contributed by atoms with E-state index in [1.54, 1.807) is 11.8 Å². The fraction of sp³-hybridized carbons (Fsp3) is 0.417. The zero-order chi connectivity index (χ0) is 15.1. The van der Waals surface area contributed by atoms with E-state index in [4.69, 9.17) is 10.2 Å². The van der Waals surface area contributed by atoms with E-state index < -0.39 is 27.7 Å². The van der Waals surface area contributed by atoms with Crippen LogP contribution >= 0.6 is 0 Å². The summed E-state index contributed by atoms with van der Waals surface area (Å²) in [5.41, 5.74) is 0.189.